The second kappa shape index (κ2) is 4.73. The number of nitrogens with zero attached hydrogens (tertiary/aromatic N) is 1. The summed E-state index contributed by atoms with van der Waals surface area (Å²) >= 11 is 0. The average Bonchev–Trinajstić information content (AvgIpc) is 2.46. The highest BCUT2D eigenvalue weighted by Gasteiger charge is 2.15. The highest BCUT2D eigenvalue weighted by atomic mass is 16.3. The normalized spacial score (nSPS) is 11.8. The maximum atomic E-state index is 10.0. The van der Waals surface area contributed by atoms with Crippen molar-refractivity contribution in [2.45, 2.75) is 19.4 Å². The van der Waals surface area contributed by atoms with E-state index in [0.29, 0.717) is 0 Å². The molecule has 2 aromatic carbocycles. The maximum Gasteiger partial charge on any atom is 0.0840 e. The van der Waals surface area contributed by atoms with Crippen LogP contribution in [-0.4, -0.2) is 10.1 Å². The topological polar surface area (TPSA) is 33.1 Å². The van der Waals surface area contributed by atoms with Crippen LogP contribution in [0.3, 0.4) is 0 Å². The molecule has 0 amide bonds. The van der Waals surface area contributed by atoms with Gasteiger partial charge in [-0.25, -0.2) is 0 Å². The summed E-state index contributed by atoms with van der Waals surface area (Å²) in [7, 11) is 0. The molecule has 0 radical (unpaired) electrons. The van der Waals surface area contributed by atoms with Crippen molar-refractivity contribution in [2.75, 3.05) is 0 Å². The molecule has 0 aliphatic rings. The minimum absolute atomic E-state index is 0.815. The van der Waals surface area contributed by atoms with Gasteiger partial charge in [-0.05, 0) is 30.9 Å². The van der Waals surface area contributed by atoms with E-state index in [9.17, 15) is 5.11 Å². The fraction of sp³-hybridized carbons (Fsp3) is 0.167. The van der Waals surface area contributed by atoms with E-state index in [0.717, 1.165) is 22.2 Å². The highest BCUT2D eigenvalue weighted by molar-refractivity contribution is 5.94. The Bertz CT molecular complexity index is 734. The lowest BCUT2D eigenvalue weighted by molar-refractivity contribution is 0.0786. The largest absolute Gasteiger partial charge is 0.386 e. The Balaban J connectivity index is 2.12. The predicted octanol–water partition coefficient (Wildman–Crippen LogP) is 4.13. The van der Waals surface area contributed by atoms with E-state index in [1.165, 1.54) is 5.39 Å². The van der Waals surface area contributed by atoms with Gasteiger partial charge in [0.15, 0.2) is 0 Å². The van der Waals surface area contributed by atoms with Gasteiger partial charge in [-0.1, -0.05) is 48.5 Å². The summed E-state index contributed by atoms with van der Waals surface area (Å²) < 4.78 is 0. The minimum Gasteiger partial charge on any atom is -0.386 e. The molecule has 3 aromatic rings. The van der Waals surface area contributed by atoms with Gasteiger partial charge in [0.05, 0.1) is 11.3 Å². The molecule has 0 fully saturated rings. The van der Waals surface area contributed by atoms with E-state index in [4.69, 9.17) is 0 Å². The van der Waals surface area contributed by atoms with E-state index in [1.54, 1.807) is 13.8 Å². The first kappa shape index (κ1) is 12.8. The van der Waals surface area contributed by atoms with Crippen LogP contribution in [0.4, 0.5) is 0 Å². The van der Waals surface area contributed by atoms with Crippen LogP contribution in [0, 0.1) is 0 Å². The van der Waals surface area contributed by atoms with Crippen LogP contribution in [0.2, 0.25) is 0 Å². The van der Waals surface area contributed by atoms with Crippen LogP contribution in [0.25, 0.3) is 22.0 Å². The molecule has 0 saturated carbocycles. The summed E-state index contributed by atoms with van der Waals surface area (Å²) in [6.45, 7) is 3.58. The van der Waals surface area contributed by atoms with E-state index >= 15 is 0 Å². The van der Waals surface area contributed by atoms with Crippen molar-refractivity contribution in [1.29, 1.82) is 0 Å². The number of fused-ring (bicyclic) bond motifs is 1. The molecule has 1 N–H and O–H groups in total. The van der Waals surface area contributed by atoms with Crippen molar-refractivity contribution in [2.24, 2.45) is 0 Å². The lowest BCUT2D eigenvalue weighted by Crippen LogP contribution is -2.14. The van der Waals surface area contributed by atoms with Crippen molar-refractivity contribution in [3.63, 3.8) is 0 Å². The summed E-state index contributed by atoms with van der Waals surface area (Å²) in [5, 5.41) is 12.3. The monoisotopic (exact) mass is 263 g/mol. The molecule has 3 rings (SSSR count). The van der Waals surface area contributed by atoms with E-state index in [1.807, 2.05) is 48.7 Å². The second-order valence-corrected chi connectivity index (χ2v) is 5.52. The number of pyridine rings is 1. The van der Waals surface area contributed by atoms with Crippen LogP contribution in [0.15, 0.2) is 60.8 Å². The van der Waals surface area contributed by atoms with Crippen LogP contribution in [0.1, 0.15) is 19.4 Å². The lowest BCUT2D eigenvalue weighted by atomic mass is 9.96. The Labute approximate surface area is 118 Å². The van der Waals surface area contributed by atoms with Crippen molar-refractivity contribution >= 4 is 10.8 Å². The lowest BCUT2D eigenvalue weighted by Gasteiger charge is -2.18. The SMILES string of the molecule is CC(C)(O)c1ccc(-c2nccc3ccccc23)cc1. The fourth-order valence-corrected chi connectivity index (χ4v) is 2.39. The summed E-state index contributed by atoms with van der Waals surface area (Å²) in [6.07, 6.45) is 1.83. The molecule has 100 valence electrons. The number of rotatable bonds is 2. The number of benzene rings is 2. The van der Waals surface area contributed by atoms with Crippen molar-refractivity contribution in [3.05, 3.63) is 66.4 Å². The van der Waals surface area contributed by atoms with E-state index < -0.39 is 5.60 Å². The molecule has 0 bridgehead atoms. The number of aliphatic hydroxyl groups is 1. The molecular weight excluding hydrogens is 246 g/mol. The molecule has 0 spiro atoms. The molecule has 2 heteroatoms. The summed E-state index contributed by atoms with van der Waals surface area (Å²) in [5.74, 6) is 0. The first-order valence-corrected chi connectivity index (χ1v) is 6.73. The molecule has 20 heavy (non-hydrogen) atoms. The molecule has 0 aliphatic heterocycles. The Hall–Kier alpha value is -2.19. The van der Waals surface area contributed by atoms with Gasteiger partial charge in [0.1, 0.15) is 0 Å². The third-order valence-corrected chi connectivity index (χ3v) is 3.54. The van der Waals surface area contributed by atoms with Crippen LogP contribution >= 0.6 is 0 Å². The minimum atomic E-state index is -0.815. The molecule has 2 nitrogen and oxygen atoms in total. The van der Waals surface area contributed by atoms with Gasteiger partial charge in [-0.15, -0.1) is 0 Å². The molecule has 1 heterocycles. The molecular formula is C18H17NO. The van der Waals surface area contributed by atoms with Gasteiger partial charge in [0.25, 0.3) is 0 Å². The second-order valence-electron chi connectivity index (χ2n) is 5.52. The maximum absolute atomic E-state index is 10.0. The average molecular weight is 263 g/mol. The third kappa shape index (κ3) is 2.30. The third-order valence-electron chi connectivity index (χ3n) is 3.54. The Morgan fingerprint density at radius 3 is 2.30 bits per heavy atom. The molecule has 0 saturated heterocycles. The number of hydrogen-bond acceptors (Lipinski definition) is 2. The molecule has 0 atom stereocenters. The van der Waals surface area contributed by atoms with Crippen LogP contribution in [0.5, 0.6) is 0 Å². The zero-order valence-corrected chi connectivity index (χ0v) is 11.7. The van der Waals surface area contributed by atoms with Crippen molar-refractivity contribution < 1.29 is 5.11 Å². The van der Waals surface area contributed by atoms with Crippen molar-refractivity contribution in [3.8, 4) is 11.3 Å². The van der Waals surface area contributed by atoms with Gasteiger partial charge in [0.2, 0.25) is 0 Å². The summed E-state index contributed by atoms with van der Waals surface area (Å²) in [6, 6.07) is 18.2. The summed E-state index contributed by atoms with van der Waals surface area (Å²) in [5.41, 5.74) is 2.13. The Morgan fingerprint density at radius 1 is 0.900 bits per heavy atom. The van der Waals surface area contributed by atoms with Crippen LogP contribution in [-0.2, 0) is 5.60 Å². The molecule has 0 unspecified atom stereocenters. The number of hydrogen-bond donors (Lipinski definition) is 1. The van der Waals surface area contributed by atoms with E-state index in [2.05, 4.69) is 17.1 Å². The smallest absolute Gasteiger partial charge is 0.0840 e. The van der Waals surface area contributed by atoms with E-state index in [-0.39, 0.29) is 0 Å². The van der Waals surface area contributed by atoms with Gasteiger partial charge < -0.3 is 5.11 Å². The molecule has 1 aromatic heterocycles. The number of aromatic nitrogens is 1. The zero-order chi connectivity index (χ0) is 14.2. The van der Waals surface area contributed by atoms with Gasteiger partial charge in [-0.3, -0.25) is 4.98 Å². The first-order chi connectivity index (χ1) is 9.55. The molecule has 0 aliphatic carbocycles. The summed E-state index contributed by atoms with van der Waals surface area (Å²) in [4.78, 5) is 4.51. The van der Waals surface area contributed by atoms with Gasteiger partial charge in [0, 0.05) is 17.1 Å². The Morgan fingerprint density at radius 2 is 1.60 bits per heavy atom. The Kier molecular flexibility index (Phi) is 3.03. The predicted molar refractivity (Wildman–Crippen MR) is 82.4 cm³/mol. The van der Waals surface area contributed by atoms with Crippen LogP contribution < -0.4 is 0 Å². The first-order valence-electron chi connectivity index (χ1n) is 6.73. The zero-order valence-electron chi connectivity index (χ0n) is 11.7. The van der Waals surface area contributed by atoms with Crippen molar-refractivity contribution in [1.82, 2.24) is 4.98 Å². The highest BCUT2D eigenvalue weighted by Crippen LogP contribution is 2.28. The van der Waals surface area contributed by atoms with Gasteiger partial charge in [-0.2, -0.15) is 0 Å². The quantitative estimate of drug-likeness (QED) is 0.754. The fourth-order valence-electron chi connectivity index (χ4n) is 2.39. The standard InChI is InChI=1S/C18H17NO/c1-18(2,20)15-9-7-14(8-10-15)17-16-6-4-3-5-13(16)11-12-19-17/h3-12,20H,1-2H3. The van der Waals surface area contributed by atoms with Gasteiger partial charge >= 0.3 is 0 Å².